The molecule has 2 heterocycles. The molecule has 2 fully saturated rings. The molecule has 3 rings (SSSR count). The number of aliphatic carboxylic acids is 1. The van der Waals surface area contributed by atoms with E-state index in [9.17, 15) is 9.90 Å². The Labute approximate surface area is 149 Å². The molecular weight excluding hydrogens is 320 g/mol. The molecular formula is C19H28N2O4. The van der Waals surface area contributed by atoms with Crippen LogP contribution in [0.4, 0.5) is 0 Å². The first-order valence-electron chi connectivity index (χ1n) is 9.06. The number of hydrogen-bond donors (Lipinski definition) is 2. The third-order valence-corrected chi connectivity index (χ3v) is 5.42. The zero-order valence-electron chi connectivity index (χ0n) is 14.9. The van der Waals surface area contributed by atoms with Crippen molar-refractivity contribution in [3.05, 3.63) is 29.3 Å². The number of carboxylic acids is 1. The van der Waals surface area contributed by atoms with Gasteiger partial charge in [0.25, 0.3) is 0 Å². The number of rotatable bonds is 6. The van der Waals surface area contributed by atoms with Gasteiger partial charge in [0.1, 0.15) is 5.75 Å². The van der Waals surface area contributed by atoms with Crippen molar-refractivity contribution in [1.29, 1.82) is 0 Å². The number of piperidine rings is 1. The lowest BCUT2D eigenvalue weighted by molar-refractivity contribution is -0.163. The van der Waals surface area contributed by atoms with Crippen LogP contribution in [0.15, 0.2) is 18.2 Å². The predicted molar refractivity (Wildman–Crippen MR) is 94.6 cm³/mol. The Morgan fingerprint density at radius 1 is 1.12 bits per heavy atom. The molecule has 0 saturated carbocycles. The molecule has 2 saturated heterocycles. The van der Waals surface area contributed by atoms with Gasteiger partial charge in [-0.3, -0.25) is 9.80 Å². The lowest BCUT2D eigenvalue weighted by Gasteiger charge is -2.35. The van der Waals surface area contributed by atoms with Gasteiger partial charge in [0, 0.05) is 31.7 Å². The van der Waals surface area contributed by atoms with E-state index in [1.54, 1.807) is 7.11 Å². The summed E-state index contributed by atoms with van der Waals surface area (Å²) in [4.78, 5) is 15.8. The molecule has 25 heavy (non-hydrogen) atoms. The van der Waals surface area contributed by atoms with Crippen molar-refractivity contribution >= 4 is 5.97 Å². The lowest BCUT2D eigenvalue weighted by atomic mass is 9.91. The van der Waals surface area contributed by atoms with E-state index in [0.717, 1.165) is 31.9 Å². The number of benzene rings is 1. The maximum Gasteiger partial charge on any atom is 0.335 e. The van der Waals surface area contributed by atoms with Crippen LogP contribution in [0.5, 0.6) is 5.75 Å². The maximum absolute atomic E-state index is 11.1. The summed E-state index contributed by atoms with van der Waals surface area (Å²) in [5, 5.41) is 19.2. The monoisotopic (exact) mass is 348 g/mol. The number of carboxylic acid groups (broad SMARTS) is 1. The van der Waals surface area contributed by atoms with Gasteiger partial charge < -0.3 is 14.9 Å². The van der Waals surface area contributed by atoms with Gasteiger partial charge in [-0.2, -0.15) is 0 Å². The molecule has 6 heteroatoms. The summed E-state index contributed by atoms with van der Waals surface area (Å²) in [7, 11) is 1.71. The Bertz CT molecular complexity index is 605. The Kier molecular flexibility index (Phi) is 5.61. The number of likely N-dealkylation sites (tertiary alicyclic amines) is 2. The number of ether oxygens (including phenoxy) is 1. The van der Waals surface area contributed by atoms with Crippen LogP contribution in [0.2, 0.25) is 0 Å². The van der Waals surface area contributed by atoms with Gasteiger partial charge in [0.15, 0.2) is 5.60 Å². The summed E-state index contributed by atoms with van der Waals surface area (Å²) in [5.74, 6) is -0.181. The molecule has 0 atom stereocenters. The van der Waals surface area contributed by atoms with Crippen LogP contribution >= 0.6 is 0 Å². The fourth-order valence-electron chi connectivity index (χ4n) is 3.79. The van der Waals surface area contributed by atoms with E-state index in [4.69, 9.17) is 9.84 Å². The van der Waals surface area contributed by atoms with Crippen molar-refractivity contribution in [3.63, 3.8) is 0 Å². The molecule has 0 spiro atoms. The molecule has 6 nitrogen and oxygen atoms in total. The summed E-state index contributed by atoms with van der Waals surface area (Å²) in [6, 6.07) is 6.30. The number of hydrogen-bond acceptors (Lipinski definition) is 5. The smallest absolute Gasteiger partial charge is 0.335 e. The summed E-state index contributed by atoms with van der Waals surface area (Å²) < 4.78 is 5.52. The largest absolute Gasteiger partial charge is 0.496 e. The standard InChI is InChI=1S/C19H28N2O4/c1-25-17-5-4-15(12-16(17)14-20-8-2-3-9-20)13-21-10-6-19(24,7-11-21)18(22)23/h4-5,12,24H,2-3,6-11,13-14H2,1H3,(H,22,23). The molecule has 0 radical (unpaired) electrons. The highest BCUT2D eigenvalue weighted by atomic mass is 16.5. The Morgan fingerprint density at radius 2 is 1.76 bits per heavy atom. The topological polar surface area (TPSA) is 73.2 Å². The first-order chi connectivity index (χ1) is 12.0. The minimum atomic E-state index is -1.56. The van der Waals surface area contributed by atoms with Crippen LogP contribution in [0.3, 0.4) is 0 Å². The van der Waals surface area contributed by atoms with Crippen molar-refractivity contribution in [1.82, 2.24) is 9.80 Å². The van der Waals surface area contributed by atoms with E-state index >= 15 is 0 Å². The second-order valence-corrected chi connectivity index (χ2v) is 7.24. The number of aliphatic hydroxyl groups is 1. The van der Waals surface area contributed by atoms with Crippen molar-refractivity contribution in [2.45, 2.75) is 44.4 Å². The highest BCUT2D eigenvalue weighted by Crippen LogP contribution is 2.26. The Hall–Kier alpha value is -1.63. The van der Waals surface area contributed by atoms with Crippen molar-refractivity contribution in [2.75, 3.05) is 33.3 Å². The van der Waals surface area contributed by atoms with Crippen molar-refractivity contribution in [2.24, 2.45) is 0 Å². The molecule has 0 aliphatic carbocycles. The zero-order chi connectivity index (χ0) is 17.9. The van der Waals surface area contributed by atoms with E-state index in [2.05, 4.69) is 21.9 Å². The van der Waals surface area contributed by atoms with Crippen LogP contribution in [-0.4, -0.2) is 64.9 Å². The number of carbonyl (C=O) groups is 1. The minimum Gasteiger partial charge on any atom is -0.496 e. The first-order valence-corrected chi connectivity index (χ1v) is 9.06. The normalized spacial score (nSPS) is 21.4. The second-order valence-electron chi connectivity index (χ2n) is 7.24. The van der Waals surface area contributed by atoms with Crippen LogP contribution in [0.25, 0.3) is 0 Å². The highest BCUT2D eigenvalue weighted by Gasteiger charge is 2.39. The van der Waals surface area contributed by atoms with Crippen molar-refractivity contribution < 1.29 is 19.7 Å². The van der Waals surface area contributed by atoms with Gasteiger partial charge in [-0.15, -0.1) is 0 Å². The maximum atomic E-state index is 11.1. The van der Waals surface area contributed by atoms with Gasteiger partial charge in [-0.1, -0.05) is 6.07 Å². The summed E-state index contributed by atoms with van der Waals surface area (Å²) >= 11 is 0. The minimum absolute atomic E-state index is 0.277. The average molecular weight is 348 g/mol. The molecule has 138 valence electrons. The lowest BCUT2D eigenvalue weighted by Crippen LogP contribution is -2.49. The molecule has 0 aromatic heterocycles. The molecule has 0 bridgehead atoms. The summed E-state index contributed by atoms with van der Waals surface area (Å²) in [5.41, 5.74) is 0.855. The second kappa shape index (κ2) is 7.72. The van der Waals surface area contributed by atoms with E-state index in [0.29, 0.717) is 13.1 Å². The third-order valence-electron chi connectivity index (χ3n) is 5.42. The average Bonchev–Trinajstić information content (AvgIpc) is 3.10. The molecule has 2 N–H and O–H groups in total. The zero-order valence-corrected chi connectivity index (χ0v) is 14.9. The van der Waals surface area contributed by atoms with E-state index in [-0.39, 0.29) is 12.8 Å². The Balaban J connectivity index is 1.63. The third kappa shape index (κ3) is 4.32. The molecule has 1 aromatic carbocycles. The molecule has 2 aliphatic heterocycles. The SMILES string of the molecule is COc1ccc(CN2CCC(O)(C(=O)O)CC2)cc1CN1CCCC1. The Morgan fingerprint density at radius 3 is 2.36 bits per heavy atom. The van der Waals surface area contributed by atoms with Crippen LogP contribution in [-0.2, 0) is 17.9 Å². The molecule has 1 aromatic rings. The van der Waals surface area contributed by atoms with E-state index < -0.39 is 11.6 Å². The fourth-order valence-corrected chi connectivity index (χ4v) is 3.79. The molecule has 2 aliphatic rings. The predicted octanol–water partition coefficient (Wildman–Crippen LogP) is 1.70. The van der Waals surface area contributed by atoms with Gasteiger partial charge in [0.05, 0.1) is 7.11 Å². The van der Waals surface area contributed by atoms with Gasteiger partial charge in [0.2, 0.25) is 0 Å². The van der Waals surface area contributed by atoms with Crippen LogP contribution < -0.4 is 4.74 Å². The van der Waals surface area contributed by atoms with Crippen LogP contribution in [0, 0.1) is 0 Å². The van der Waals surface area contributed by atoms with Gasteiger partial charge >= 0.3 is 5.97 Å². The fraction of sp³-hybridized carbons (Fsp3) is 0.632. The number of methoxy groups -OCH3 is 1. The van der Waals surface area contributed by atoms with Gasteiger partial charge in [-0.05, 0) is 56.5 Å². The van der Waals surface area contributed by atoms with Crippen LogP contribution in [0.1, 0.15) is 36.8 Å². The van der Waals surface area contributed by atoms with E-state index in [1.165, 1.54) is 24.0 Å². The van der Waals surface area contributed by atoms with Gasteiger partial charge in [-0.25, -0.2) is 4.79 Å². The molecule has 0 amide bonds. The highest BCUT2D eigenvalue weighted by molar-refractivity contribution is 5.77. The first kappa shape index (κ1) is 18.2. The number of nitrogens with zero attached hydrogens (tertiary/aromatic N) is 2. The quantitative estimate of drug-likeness (QED) is 0.815. The van der Waals surface area contributed by atoms with Crippen molar-refractivity contribution in [3.8, 4) is 5.75 Å². The summed E-state index contributed by atoms with van der Waals surface area (Å²) in [6.45, 7) is 5.16. The molecule has 0 unspecified atom stereocenters. The summed E-state index contributed by atoms with van der Waals surface area (Å²) in [6.07, 6.45) is 3.09. The van der Waals surface area contributed by atoms with E-state index in [1.807, 2.05) is 6.07 Å².